The molecule has 0 saturated heterocycles. The predicted octanol–water partition coefficient (Wildman–Crippen LogP) is 4.04. The average Bonchev–Trinajstić information content (AvgIpc) is 2.91. The maximum atomic E-state index is 12.6. The van der Waals surface area contributed by atoms with Gasteiger partial charge in [0.05, 0.1) is 16.2 Å². The summed E-state index contributed by atoms with van der Waals surface area (Å²) in [5.74, 6) is 4.42. The lowest BCUT2D eigenvalue weighted by atomic mass is 10.0. The van der Waals surface area contributed by atoms with Crippen molar-refractivity contribution >= 4 is 40.2 Å². The maximum Gasteiger partial charge on any atom is 0.322 e. The predicted molar refractivity (Wildman–Crippen MR) is 145 cm³/mol. The van der Waals surface area contributed by atoms with Crippen LogP contribution >= 0.6 is 11.6 Å². The number of halogens is 1. The molecule has 38 heavy (non-hydrogen) atoms. The van der Waals surface area contributed by atoms with Crippen LogP contribution in [-0.2, 0) is 4.79 Å². The molecule has 0 aliphatic rings. The molecule has 2 aromatic carbocycles. The number of rotatable bonds is 6. The number of aliphatic carboxylic acids is 1. The molecular formula is C29H23ClN4O4. The van der Waals surface area contributed by atoms with Gasteiger partial charge in [0.2, 0.25) is 0 Å². The van der Waals surface area contributed by atoms with E-state index in [9.17, 15) is 14.4 Å². The normalized spacial score (nSPS) is 11.4. The summed E-state index contributed by atoms with van der Waals surface area (Å²) in [4.78, 5) is 45.7. The van der Waals surface area contributed by atoms with Crippen LogP contribution in [0.2, 0.25) is 5.02 Å². The van der Waals surface area contributed by atoms with Gasteiger partial charge in [-0.15, -0.1) is 0 Å². The number of amides is 1. The lowest BCUT2D eigenvalue weighted by Crippen LogP contribution is -2.43. The van der Waals surface area contributed by atoms with Gasteiger partial charge in [0.1, 0.15) is 6.04 Å². The molecule has 0 radical (unpaired) electrons. The number of carbonyl (C=O) groups is 3. The molecule has 4 aromatic rings. The molecule has 1 unspecified atom stereocenters. The fourth-order valence-corrected chi connectivity index (χ4v) is 4.03. The summed E-state index contributed by atoms with van der Waals surface area (Å²) in [6.07, 6.45) is 3.28. The fraction of sp³-hybridized carbons (Fsp3) is 0.138. The monoisotopic (exact) mass is 526 g/mol. The first-order valence-corrected chi connectivity index (χ1v) is 11.9. The van der Waals surface area contributed by atoms with Gasteiger partial charge in [0, 0.05) is 59.2 Å². The first-order chi connectivity index (χ1) is 18.1. The number of Topliss-reactive ketones (excluding diaryl/α,β-unsaturated/α-hetero) is 1. The number of carboxylic acid groups (broad SMARTS) is 1. The second-order valence-electron chi connectivity index (χ2n) is 8.66. The van der Waals surface area contributed by atoms with E-state index in [0.29, 0.717) is 38.3 Å². The third kappa shape index (κ3) is 5.86. The molecule has 3 N–H and O–H groups in total. The number of carbonyl (C=O) groups excluding carboxylic acids is 2. The Bertz CT molecular complexity index is 1620. The van der Waals surface area contributed by atoms with Crippen molar-refractivity contribution in [2.24, 2.45) is 5.73 Å². The standard InChI is InChI=1S/C29H23ClN4O4/c1-17(35)22-14-27(33-26-11-12-32-15-23(22)26)20-7-4-18(5-8-20)3-6-19-9-10-21(13-24(19)30)28(36)34(2)16-25(31)29(37)38/h4-5,7-15,25H,16,31H2,1-2H3,(H,37,38). The van der Waals surface area contributed by atoms with Crippen LogP contribution in [0.4, 0.5) is 0 Å². The number of nitrogens with two attached hydrogens (primary N) is 1. The number of hydrogen-bond donors (Lipinski definition) is 2. The van der Waals surface area contributed by atoms with Gasteiger partial charge in [-0.1, -0.05) is 35.6 Å². The molecule has 0 fully saturated rings. The minimum Gasteiger partial charge on any atom is -0.480 e. The molecule has 4 rings (SSSR count). The minimum absolute atomic E-state index is 0.0609. The number of carboxylic acids is 1. The highest BCUT2D eigenvalue weighted by atomic mass is 35.5. The zero-order valence-electron chi connectivity index (χ0n) is 20.6. The summed E-state index contributed by atoms with van der Waals surface area (Å²) >= 11 is 6.36. The van der Waals surface area contributed by atoms with Gasteiger partial charge in [-0.25, -0.2) is 4.98 Å². The van der Waals surface area contributed by atoms with Crippen molar-refractivity contribution in [3.8, 4) is 23.1 Å². The van der Waals surface area contributed by atoms with Crippen molar-refractivity contribution in [3.63, 3.8) is 0 Å². The lowest BCUT2D eigenvalue weighted by molar-refractivity contribution is -0.138. The molecule has 0 saturated carbocycles. The molecule has 8 nitrogen and oxygen atoms in total. The highest BCUT2D eigenvalue weighted by Gasteiger charge is 2.19. The Kier molecular flexibility index (Phi) is 7.82. The van der Waals surface area contributed by atoms with Gasteiger partial charge in [-0.05, 0) is 49.4 Å². The van der Waals surface area contributed by atoms with Crippen LogP contribution in [0.1, 0.15) is 38.8 Å². The number of hydrogen-bond acceptors (Lipinski definition) is 6. The zero-order valence-corrected chi connectivity index (χ0v) is 21.4. The van der Waals surface area contributed by atoms with Gasteiger partial charge in [-0.2, -0.15) is 0 Å². The molecule has 190 valence electrons. The zero-order chi connectivity index (χ0) is 27.4. The summed E-state index contributed by atoms with van der Waals surface area (Å²) < 4.78 is 0. The first kappa shape index (κ1) is 26.5. The Hall–Kier alpha value is -4.58. The van der Waals surface area contributed by atoms with Crippen molar-refractivity contribution < 1.29 is 19.5 Å². The van der Waals surface area contributed by atoms with Crippen LogP contribution in [0.5, 0.6) is 0 Å². The van der Waals surface area contributed by atoms with E-state index in [2.05, 4.69) is 21.8 Å². The Labute approximate surface area is 224 Å². The molecular weight excluding hydrogens is 504 g/mol. The van der Waals surface area contributed by atoms with E-state index in [4.69, 9.17) is 22.4 Å². The smallest absolute Gasteiger partial charge is 0.322 e. The number of benzene rings is 2. The van der Waals surface area contributed by atoms with Crippen molar-refractivity contribution in [1.82, 2.24) is 14.9 Å². The van der Waals surface area contributed by atoms with E-state index in [1.54, 1.807) is 36.7 Å². The number of ketones is 1. The number of pyridine rings is 2. The average molecular weight is 527 g/mol. The van der Waals surface area contributed by atoms with Crippen LogP contribution in [0.25, 0.3) is 22.2 Å². The highest BCUT2D eigenvalue weighted by Crippen LogP contribution is 2.25. The summed E-state index contributed by atoms with van der Waals surface area (Å²) in [6, 6.07) is 14.5. The molecule has 0 aliphatic carbocycles. The second-order valence-corrected chi connectivity index (χ2v) is 9.06. The Morgan fingerprint density at radius 3 is 2.47 bits per heavy atom. The Morgan fingerprint density at radius 1 is 1.08 bits per heavy atom. The summed E-state index contributed by atoms with van der Waals surface area (Å²) in [5.41, 5.74) is 9.85. The van der Waals surface area contributed by atoms with Crippen molar-refractivity contribution in [2.75, 3.05) is 13.6 Å². The van der Waals surface area contributed by atoms with Gasteiger partial charge >= 0.3 is 5.97 Å². The SMILES string of the molecule is CC(=O)c1cc(-c2ccc(C#Cc3ccc(C(=O)N(C)CC(N)C(=O)O)cc3Cl)cc2)nc2ccncc12. The summed E-state index contributed by atoms with van der Waals surface area (Å²) in [5, 5.41) is 9.95. The lowest BCUT2D eigenvalue weighted by Gasteiger charge is -2.19. The summed E-state index contributed by atoms with van der Waals surface area (Å²) in [6.45, 7) is 1.39. The fourth-order valence-electron chi connectivity index (χ4n) is 3.80. The van der Waals surface area contributed by atoms with Crippen molar-refractivity contribution in [2.45, 2.75) is 13.0 Å². The molecule has 2 aromatic heterocycles. The van der Waals surface area contributed by atoms with Gasteiger partial charge < -0.3 is 15.7 Å². The number of fused-ring (bicyclic) bond motifs is 1. The topological polar surface area (TPSA) is 126 Å². The van der Waals surface area contributed by atoms with Crippen molar-refractivity contribution in [1.29, 1.82) is 0 Å². The van der Waals surface area contributed by atoms with E-state index < -0.39 is 17.9 Å². The van der Waals surface area contributed by atoms with Crippen LogP contribution in [0.15, 0.2) is 67.0 Å². The molecule has 0 bridgehead atoms. The largest absolute Gasteiger partial charge is 0.480 e. The van der Waals surface area contributed by atoms with Crippen LogP contribution in [0, 0.1) is 11.8 Å². The van der Waals surface area contributed by atoms with Crippen molar-refractivity contribution in [3.05, 3.63) is 94.3 Å². The quantitative estimate of drug-likeness (QED) is 0.287. The van der Waals surface area contributed by atoms with E-state index in [1.807, 2.05) is 24.3 Å². The maximum absolute atomic E-state index is 12.6. The number of nitrogens with zero attached hydrogens (tertiary/aromatic N) is 3. The third-order valence-corrected chi connectivity index (χ3v) is 6.17. The van der Waals surface area contributed by atoms with E-state index >= 15 is 0 Å². The highest BCUT2D eigenvalue weighted by molar-refractivity contribution is 6.32. The van der Waals surface area contributed by atoms with Crippen LogP contribution in [-0.4, -0.2) is 57.3 Å². The van der Waals surface area contributed by atoms with Gasteiger partial charge in [-0.3, -0.25) is 19.4 Å². The first-order valence-electron chi connectivity index (χ1n) is 11.6. The molecule has 0 spiro atoms. The Morgan fingerprint density at radius 2 is 1.82 bits per heavy atom. The van der Waals surface area contributed by atoms with E-state index in [0.717, 1.165) is 11.1 Å². The minimum atomic E-state index is -1.19. The van der Waals surface area contributed by atoms with Crippen LogP contribution < -0.4 is 5.73 Å². The molecule has 1 amide bonds. The summed E-state index contributed by atoms with van der Waals surface area (Å²) in [7, 11) is 1.47. The Balaban J connectivity index is 1.53. The molecule has 9 heteroatoms. The molecule has 0 aliphatic heterocycles. The molecule has 1 atom stereocenters. The van der Waals surface area contributed by atoms with Crippen LogP contribution in [0.3, 0.4) is 0 Å². The second kappa shape index (κ2) is 11.2. The number of likely N-dealkylation sites (N-methyl/N-ethyl adjacent to an activating group) is 1. The van der Waals surface area contributed by atoms with Gasteiger partial charge in [0.15, 0.2) is 5.78 Å². The van der Waals surface area contributed by atoms with E-state index in [1.165, 1.54) is 24.9 Å². The number of aromatic nitrogens is 2. The third-order valence-electron chi connectivity index (χ3n) is 5.86. The van der Waals surface area contributed by atoms with E-state index in [-0.39, 0.29) is 12.3 Å². The van der Waals surface area contributed by atoms with Gasteiger partial charge in [0.25, 0.3) is 5.91 Å². The molecule has 2 heterocycles.